The van der Waals surface area contributed by atoms with Gasteiger partial charge in [-0.1, -0.05) is 18.2 Å². The number of halogens is 1. The number of pyridine rings is 1. The van der Waals surface area contributed by atoms with Gasteiger partial charge in [-0.2, -0.15) is 0 Å². The van der Waals surface area contributed by atoms with Crippen LogP contribution in [-0.4, -0.2) is 11.6 Å². The molecule has 0 aliphatic heterocycles. The maximum absolute atomic E-state index is 4.53. The van der Waals surface area contributed by atoms with Crippen molar-refractivity contribution in [3.05, 3.63) is 36.4 Å². The Labute approximate surface area is 85.8 Å². The Bertz CT molecular complexity index is 403. The molecule has 0 amide bonds. The second-order valence-corrected chi connectivity index (χ2v) is 3.89. The molecule has 0 fully saturated rings. The molecule has 0 bridgehead atoms. The number of nitrogens with zero attached hydrogens (tertiary/aromatic N) is 1. The Morgan fingerprint density at radius 1 is 1.08 bits per heavy atom. The van der Waals surface area contributed by atoms with Gasteiger partial charge in [0.2, 0.25) is 0 Å². The number of aromatic nitrogens is 1. The molecule has 2 rings (SSSR count). The Balaban J connectivity index is 0.000000845. The lowest BCUT2D eigenvalue weighted by atomic mass is 10.2. The summed E-state index contributed by atoms with van der Waals surface area (Å²) in [4.78, 5) is 4.53. The van der Waals surface area contributed by atoms with Gasteiger partial charge in [-0.05, 0) is 12.1 Å². The average Bonchev–Trinajstić information content (AvgIpc) is 2.17. The summed E-state index contributed by atoms with van der Waals surface area (Å²) in [6.45, 7) is 2.21. The molecule has 1 aromatic heterocycles. The fourth-order valence-electron chi connectivity index (χ4n) is 1.24. The van der Waals surface area contributed by atoms with Crippen LogP contribution in [0.2, 0.25) is 0 Å². The predicted octanol–water partition coefficient (Wildman–Crippen LogP) is -1.10. The van der Waals surface area contributed by atoms with Gasteiger partial charge in [0.05, 0.1) is 12.2 Å². The van der Waals surface area contributed by atoms with Crippen molar-refractivity contribution in [2.45, 2.75) is 0 Å². The Morgan fingerprint density at radius 2 is 1.85 bits per heavy atom. The van der Waals surface area contributed by atoms with Crippen LogP contribution >= 0.6 is 8.58 Å². The summed E-state index contributed by atoms with van der Waals surface area (Å²) in [5, 5.41) is 1.23. The van der Waals surface area contributed by atoms with E-state index in [0.717, 1.165) is 5.52 Å². The minimum absolute atomic E-state index is 0. The van der Waals surface area contributed by atoms with E-state index in [1.165, 1.54) is 10.8 Å². The first-order valence-electron chi connectivity index (χ1n) is 4.05. The molecule has 0 saturated heterocycles. The largest absolute Gasteiger partial charge is 1.00 e. The second kappa shape index (κ2) is 4.55. The van der Waals surface area contributed by atoms with Gasteiger partial charge in [0.25, 0.3) is 0 Å². The molecule has 0 N–H and O–H groups in total. The van der Waals surface area contributed by atoms with Gasteiger partial charge in [0, 0.05) is 20.0 Å². The summed E-state index contributed by atoms with van der Waals surface area (Å²) >= 11 is 0. The van der Waals surface area contributed by atoms with E-state index in [1.54, 1.807) is 0 Å². The molecule has 0 radical (unpaired) electrons. The maximum Gasteiger partial charge on any atom is 0.177 e. The number of hydrogen-bond acceptors (Lipinski definition) is 1. The lowest BCUT2D eigenvalue weighted by Gasteiger charge is -1.95. The topological polar surface area (TPSA) is 12.9 Å². The standard InChI is InChI=1S/C10H10NP.ClH/c1-12-10-7-6-8-4-2-3-5-9(8)11-10;/h2-7,12H,1H3;1H. The highest BCUT2D eigenvalue weighted by atomic mass is 35.5. The zero-order valence-corrected chi connectivity index (χ0v) is 9.28. The molecule has 0 aliphatic carbocycles. The van der Waals surface area contributed by atoms with Crippen LogP contribution in [0.4, 0.5) is 0 Å². The summed E-state index contributed by atoms with van der Waals surface area (Å²) in [5.41, 5.74) is 2.36. The van der Waals surface area contributed by atoms with Crippen LogP contribution in [0.5, 0.6) is 0 Å². The first kappa shape index (κ1) is 10.4. The third-order valence-corrected chi connectivity index (χ3v) is 2.83. The molecule has 2 aromatic rings. The maximum atomic E-state index is 4.53. The molecule has 68 valence electrons. The van der Waals surface area contributed by atoms with E-state index < -0.39 is 0 Å². The van der Waals surface area contributed by atoms with Crippen molar-refractivity contribution < 1.29 is 12.4 Å². The van der Waals surface area contributed by atoms with Crippen LogP contribution in [0, 0.1) is 0 Å². The number of benzene rings is 1. The zero-order valence-electron chi connectivity index (χ0n) is 7.37. The van der Waals surface area contributed by atoms with E-state index in [0.29, 0.717) is 8.58 Å². The van der Waals surface area contributed by atoms with Crippen molar-refractivity contribution in [2.75, 3.05) is 6.66 Å². The summed E-state index contributed by atoms with van der Waals surface area (Å²) in [5.74, 6) is 0. The molecule has 1 heterocycles. The van der Waals surface area contributed by atoms with Crippen molar-refractivity contribution in [2.24, 2.45) is 0 Å². The van der Waals surface area contributed by atoms with E-state index in [-0.39, 0.29) is 12.4 Å². The monoisotopic (exact) mass is 211 g/mol. The second-order valence-electron chi connectivity index (χ2n) is 2.72. The average molecular weight is 212 g/mol. The lowest BCUT2D eigenvalue weighted by molar-refractivity contribution is -0.00000239. The molecule has 0 spiro atoms. The molecule has 0 saturated carbocycles. The van der Waals surface area contributed by atoms with E-state index in [2.05, 4.69) is 35.9 Å². The van der Waals surface area contributed by atoms with Crippen molar-refractivity contribution in [3.8, 4) is 0 Å². The number of fused-ring (bicyclic) bond motifs is 1. The van der Waals surface area contributed by atoms with E-state index >= 15 is 0 Å². The molecule has 1 atom stereocenters. The third kappa shape index (κ3) is 2.18. The normalized spacial score (nSPS) is 10.5. The van der Waals surface area contributed by atoms with Gasteiger partial charge in [-0.3, -0.25) is 0 Å². The van der Waals surface area contributed by atoms with Gasteiger partial charge in [-0.25, -0.2) is 4.98 Å². The quantitative estimate of drug-likeness (QED) is 0.546. The van der Waals surface area contributed by atoms with Crippen molar-refractivity contribution >= 4 is 24.9 Å². The molecule has 3 heteroatoms. The third-order valence-electron chi connectivity index (χ3n) is 1.92. The Morgan fingerprint density at radius 3 is 2.62 bits per heavy atom. The highest BCUT2D eigenvalue weighted by molar-refractivity contribution is 7.45. The summed E-state index contributed by atoms with van der Waals surface area (Å²) < 4.78 is 0. The van der Waals surface area contributed by atoms with Crippen molar-refractivity contribution in [1.29, 1.82) is 0 Å². The summed E-state index contributed by atoms with van der Waals surface area (Å²) in [6.07, 6.45) is 0. The lowest BCUT2D eigenvalue weighted by Crippen LogP contribution is -3.00. The predicted molar refractivity (Wildman–Crippen MR) is 57.0 cm³/mol. The fraction of sp³-hybridized carbons (Fsp3) is 0.100. The Hall–Kier alpha value is -0.650. The zero-order chi connectivity index (χ0) is 8.39. The SMILES string of the molecule is C[PH2+]c1ccc2ccccc2n1.[Cl-]. The molecule has 1 aromatic carbocycles. The molecule has 13 heavy (non-hydrogen) atoms. The van der Waals surface area contributed by atoms with Crippen molar-refractivity contribution in [3.63, 3.8) is 0 Å². The van der Waals surface area contributed by atoms with Crippen LogP contribution in [0.1, 0.15) is 0 Å². The van der Waals surface area contributed by atoms with Gasteiger partial charge in [0.15, 0.2) is 5.44 Å². The van der Waals surface area contributed by atoms with Crippen LogP contribution in [0.15, 0.2) is 36.4 Å². The Kier molecular flexibility index (Phi) is 3.65. The highest BCUT2D eigenvalue weighted by Gasteiger charge is 1.97. The van der Waals surface area contributed by atoms with Crippen LogP contribution in [0.25, 0.3) is 10.9 Å². The van der Waals surface area contributed by atoms with Crippen LogP contribution in [-0.2, 0) is 0 Å². The van der Waals surface area contributed by atoms with E-state index in [1.807, 2.05) is 12.1 Å². The minimum Gasteiger partial charge on any atom is -1.00 e. The first-order valence-corrected chi connectivity index (χ1v) is 5.78. The molecule has 1 nitrogen and oxygen atoms in total. The minimum atomic E-state index is 0. The molecule has 0 aliphatic rings. The van der Waals surface area contributed by atoms with E-state index in [4.69, 9.17) is 0 Å². The summed E-state index contributed by atoms with van der Waals surface area (Å²) in [7, 11) is 0.337. The summed E-state index contributed by atoms with van der Waals surface area (Å²) in [6, 6.07) is 12.5. The van der Waals surface area contributed by atoms with Crippen LogP contribution < -0.4 is 17.8 Å². The number of para-hydroxylation sites is 1. The van der Waals surface area contributed by atoms with Crippen LogP contribution in [0.3, 0.4) is 0 Å². The first-order chi connectivity index (χ1) is 5.90. The van der Waals surface area contributed by atoms with Crippen molar-refractivity contribution in [1.82, 2.24) is 4.98 Å². The number of hydrogen-bond donors (Lipinski definition) is 0. The van der Waals surface area contributed by atoms with Gasteiger partial charge in [-0.15, -0.1) is 0 Å². The fourth-order valence-corrected chi connectivity index (χ4v) is 1.80. The smallest absolute Gasteiger partial charge is 0.177 e. The highest BCUT2D eigenvalue weighted by Crippen LogP contribution is 2.11. The van der Waals surface area contributed by atoms with Gasteiger partial charge >= 0.3 is 0 Å². The molecule has 1 unspecified atom stereocenters. The molecular formula is C10H11ClNP. The van der Waals surface area contributed by atoms with Gasteiger partial charge in [0.1, 0.15) is 0 Å². The number of rotatable bonds is 1. The van der Waals surface area contributed by atoms with E-state index in [9.17, 15) is 0 Å². The van der Waals surface area contributed by atoms with Gasteiger partial charge < -0.3 is 12.4 Å². The molecular weight excluding hydrogens is 201 g/mol.